The number of hydrogen-bond acceptors (Lipinski definition) is 7. The molecular formula is C23H29N5O3. The molecule has 164 valence electrons. The van der Waals surface area contributed by atoms with Crippen molar-refractivity contribution in [2.75, 3.05) is 49.7 Å². The zero-order valence-electron chi connectivity index (χ0n) is 17.9. The van der Waals surface area contributed by atoms with Crippen LogP contribution in [0.1, 0.15) is 18.4 Å². The zero-order valence-corrected chi connectivity index (χ0v) is 17.9. The Labute approximate surface area is 182 Å². The fourth-order valence-corrected chi connectivity index (χ4v) is 5.02. The van der Waals surface area contributed by atoms with Gasteiger partial charge in [0.25, 0.3) is 0 Å². The summed E-state index contributed by atoms with van der Waals surface area (Å²) in [5.74, 6) is 1.67. The van der Waals surface area contributed by atoms with Crippen molar-refractivity contribution in [1.82, 2.24) is 15.3 Å². The van der Waals surface area contributed by atoms with E-state index in [1.165, 1.54) is 11.3 Å². The maximum atomic E-state index is 13.3. The number of piperazine rings is 1. The van der Waals surface area contributed by atoms with Gasteiger partial charge in [-0.1, -0.05) is 6.07 Å². The first kappa shape index (κ1) is 20.1. The predicted molar refractivity (Wildman–Crippen MR) is 118 cm³/mol. The lowest BCUT2D eigenvalue weighted by atomic mass is 9.83. The standard InChI is InChI=1S/C23H29N5O3/c1-30-17-5-4-16-11-19(23(29)26-13-18-3-2-10-31-18)21-15-27(22-14-24-6-7-25-22)8-9-28(21)20(16)12-17/h4-7,12,14,18-19,21H,2-3,8-11,13,15H2,1H3,(H,26,29). The number of ether oxygens (including phenoxy) is 2. The highest BCUT2D eigenvalue weighted by Gasteiger charge is 2.42. The average Bonchev–Trinajstić information content (AvgIpc) is 3.35. The third-order valence-electron chi connectivity index (χ3n) is 6.66. The highest BCUT2D eigenvalue weighted by Crippen LogP contribution is 2.38. The van der Waals surface area contributed by atoms with E-state index in [4.69, 9.17) is 9.47 Å². The predicted octanol–water partition coefficient (Wildman–Crippen LogP) is 1.65. The number of carbonyl (C=O) groups excluding carboxylic acids is 1. The minimum atomic E-state index is -0.137. The quantitative estimate of drug-likeness (QED) is 0.783. The monoisotopic (exact) mass is 423 g/mol. The van der Waals surface area contributed by atoms with E-state index >= 15 is 0 Å². The van der Waals surface area contributed by atoms with Crippen molar-refractivity contribution in [2.45, 2.75) is 31.4 Å². The number of nitrogens with zero attached hydrogens (tertiary/aromatic N) is 4. The van der Waals surface area contributed by atoms with Gasteiger partial charge in [0.1, 0.15) is 11.6 Å². The van der Waals surface area contributed by atoms with Gasteiger partial charge < -0.3 is 24.6 Å². The van der Waals surface area contributed by atoms with Crippen LogP contribution in [-0.4, -0.2) is 67.9 Å². The summed E-state index contributed by atoms with van der Waals surface area (Å²) in [5.41, 5.74) is 2.37. The summed E-state index contributed by atoms with van der Waals surface area (Å²) in [6, 6.07) is 6.23. The van der Waals surface area contributed by atoms with Crippen LogP contribution >= 0.6 is 0 Å². The van der Waals surface area contributed by atoms with Crippen LogP contribution < -0.4 is 19.9 Å². The van der Waals surface area contributed by atoms with Crippen molar-refractivity contribution >= 4 is 17.4 Å². The maximum Gasteiger partial charge on any atom is 0.225 e. The second-order valence-electron chi connectivity index (χ2n) is 8.46. The highest BCUT2D eigenvalue weighted by atomic mass is 16.5. The van der Waals surface area contributed by atoms with Crippen molar-refractivity contribution in [1.29, 1.82) is 0 Å². The Kier molecular flexibility index (Phi) is 5.63. The molecule has 31 heavy (non-hydrogen) atoms. The largest absolute Gasteiger partial charge is 0.497 e. The van der Waals surface area contributed by atoms with Crippen LogP contribution in [0.2, 0.25) is 0 Å². The van der Waals surface area contributed by atoms with E-state index in [0.29, 0.717) is 13.0 Å². The molecule has 1 aromatic carbocycles. The molecule has 1 N–H and O–H groups in total. The Bertz CT molecular complexity index is 919. The average molecular weight is 424 g/mol. The van der Waals surface area contributed by atoms with Gasteiger partial charge in [0.2, 0.25) is 5.91 Å². The second kappa shape index (κ2) is 8.70. The second-order valence-corrected chi connectivity index (χ2v) is 8.46. The molecule has 3 unspecified atom stereocenters. The summed E-state index contributed by atoms with van der Waals surface area (Å²) in [6.45, 7) is 3.76. The molecule has 2 fully saturated rings. The zero-order chi connectivity index (χ0) is 21.2. The summed E-state index contributed by atoms with van der Waals surface area (Å²) in [6.07, 6.45) is 8.14. The first-order chi connectivity index (χ1) is 15.2. The lowest BCUT2D eigenvalue weighted by Crippen LogP contribution is -2.61. The molecule has 2 aromatic rings. The van der Waals surface area contributed by atoms with Crippen molar-refractivity contribution in [3.8, 4) is 5.75 Å². The number of nitrogens with one attached hydrogen (secondary N) is 1. The molecule has 3 aliphatic heterocycles. The third-order valence-corrected chi connectivity index (χ3v) is 6.66. The number of amides is 1. The normalized spacial score (nSPS) is 25.0. The van der Waals surface area contributed by atoms with Gasteiger partial charge in [-0.15, -0.1) is 0 Å². The number of hydrogen-bond donors (Lipinski definition) is 1. The lowest BCUT2D eigenvalue weighted by molar-refractivity contribution is -0.126. The molecule has 0 radical (unpaired) electrons. The fourth-order valence-electron chi connectivity index (χ4n) is 5.02. The lowest BCUT2D eigenvalue weighted by Gasteiger charge is -2.49. The number of rotatable bonds is 5. The Morgan fingerprint density at radius 2 is 2.26 bits per heavy atom. The molecule has 1 aromatic heterocycles. The summed E-state index contributed by atoms with van der Waals surface area (Å²) < 4.78 is 11.2. The van der Waals surface area contributed by atoms with Gasteiger partial charge in [0.05, 0.1) is 31.4 Å². The van der Waals surface area contributed by atoms with E-state index in [0.717, 1.165) is 50.7 Å². The molecule has 3 atom stereocenters. The fraction of sp³-hybridized carbons (Fsp3) is 0.522. The van der Waals surface area contributed by atoms with Crippen molar-refractivity contribution in [2.24, 2.45) is 5.92 Å². The van der Waals surface area contributed by atoms with E-state index in [-0.39, 0.29) is 24.0 Å². The minimum Gasteiger partial charge on any atom is -0.497 e. The van der Waals surface area contributed by atoms with Gasteiger partial charge in [0, 0.05) is 56.9 Å². The molecule has 8 heteroatoms. The van der Waals surface area contributed by atoms with Gasteiger partial charge in [-0.05, 0) is 30.9 Å². The van der Waals surface area contributed by atoms with Crippen LogP contribution in [0.3, 0.4) is 0 Å². The molecule has 2 saturated heterocycles. The molecule has 5 rings (SSSR count). The van der Waals surface area contributed by atoms with Crippen LogP contribution in [0.15, 0.2) is 36.8 Å². The molecule has 0 spiro atoms. The van der Waals surface area contributed by atoms with E-state index in [9.17, 15) is 4.79 Å². The van der Waals surface area contributed by atoms with Crippen molar-refractivity contribution < 1.29 is 14.3 Å². The summed E-state index contributed by atoms with van der Waals surface area (Å²) >= 11 is 0. The van der Waals surface area contributed by atoms with Crippen molar-refractivity contribution in [3.63, 3.8) is 0 Å². The number of methoxy groups -OCH3 is 1. The molecule has 8 nitrogen and oxygen atoms in total. The number of carbonyl (C=O) groups is 1. The molecule has 0 aliphatic carbocycles. The van der Waals surface area contributed by atoms with Gasteiger partial charge in [-0.3, -0.25) is 9.78 Å². The topological polar surface area (TPSA) is 79.8 Å². The highest BCUT2D eigenvalue weighted by molar-refractivity contribution is 5.82. The van der Waals surface area contributed by atoms with E-state index in [2.05, 4.69) is 37.2 Å². The number of anilines is 2. The summed E-state index contributed by atoms with van der Waals surface area (Å²) in [5, 5.41) is 3.17. The molecular weight excluding hydrogens is 394 g/mol. The van der Waals surface area contributed by atoms with Crippen LogP contribution in [0.25, 0.3) is 0 Å². The van der Waals surface area contributed by atoms with Gasteiger partial charge >= 0.3 is 0 Å². The van der Waals surface area contributed by atoms with Crippen LogP contribution in [-0.2, 0) is 16.0 Å². The number of aromatic nitrogens is 2. The Morgan fingerprint density at radius 3 is 3.03 bits per heavy atom. The maximum absolute atomic E-state index is 13.3. The Balaban J connectivity index is 1.40. The van der Waals surface area contributed by atoms with Crippen LogP contribution in [0.4, 0.5) is 11.5 Å². The van der Waals surface area contributed by atoms with E-state index < -0.39 is 0 Å². The molecule has 0 bridgehead atoms. The minimum absolute atomic E-state index is 0.0554. The summed E-state index contributed by atoms with van der Waals surface area (Å²) in [4.78, 5) is 26.6. The van der Waals surface area contributed by atoms with Gasteiger partial charge in [-0.25, -0.2) is 4.98 Å². The smallest absolute Gasteiger partial charge is 0.225 e. The first-order valence-corrected chi connectivity index (χ1v) is 11.1. The van der Waals surface area contributed by atoms with Gasteiger partial charge in [0.15, 0.2) is 0 Å². The van der Waals surface area contributed by atoms with Gasteiger partial charge in [-0.2, -0.15) is 0 Å². The number of fused-ring (bicyclic) bond motifs is 3. The van der Waals surface area contributed by atoms with E-state index in [1.807, 2.05) is 6.07 Å². The summed E-state index contributed by atoms with van der Waals surface area (Å²) in [7, 11) is 1.69. The Morgan fingerprint density at radius 1 is 1.32 bits per heavy atom. The van der Waals surface area contributed by atoms with Crippen LogP contribution in [0.5, 0.6) is 5.75 Å². The van der Waals surface area contributed by atoms with Crippen molar-refractivity contribution in [3.05, 3.63) is 42.4 Å². The molecule has 1 amide bonds. The van der Waals surface area contributed by atoms with E-state index in [1.54, 1.807) is 25.7 Å². The SMILES string of the molecule is COc1ccc2c(c1)N1CCN(c3cnccn3)CC1C(C(=O)NCC1CCCO1)C2. The van der Waals surface area contributed by atoms with Crippen LogP contribution in [0, 0.1) is 5.92 Å². The number of benzene rings is 1. The molecule has 0 saturated carbocycles. The molecule has 3 aliphatic rings. The molecule has 4 heterocycles. The Hall–Kier alpha value is -2.87. The third kappa shape index (κ3) is 4.04. The first-order valence-electron chi connectivity index (χ1n) is 11.1.